The lowest BCUT2D eigenvalue weighted by molar-refractivity contribution is 0.415. The Morgan fingerprint density at radius 1 is 1.35 bits per heavy atom. The van der Waals surface area contributed by atoms with E-state index in [9.17, 15) is 0 Å². The largest absolute Gasteiger partial charge is 0.389 e. The molecule has 1 aliphatic carbocycles. The number of allylic oxidation sites excluding steroid dienone is 2. The summed E-state index contributed by atoms with van der Waals surface area (Å²) in [7, 11) is 0. The molecule has 1 spiro atoms. The molecule has 3 nitrogen and oxygen atoms in total. The summed E-state index contributed by atoms with van der Waals surface area (Å²) in [6.45, 7) is 0.840. The number of fused-ring (bicyclic) bond motifs is 2. The first-order chi connectivity index (χ1) is 10.2. The van der Waals surface area contributed by atoms with Crippen molar-refractivity contribution >= 4 is 23.0 Å². The normalized spacial score (nSPS) is 24.1. The van der Waals surface area contributed by atoms with E-state index in [1.54, 1.807) is 6.20 Å². The fourth-order valence-corrected chi connectivity index (χ4v) is 3.66. The number of aromatic nitrogens is 1. The zero-order valence-electron chi connectivity index (χ0n) is 12.1. The van der Waals surface area contributed by atoms with Gasteiger partial charge in [-0.25, -0.2) is 4.98 Å². The number of hydrogen-bond donors (Lipinski definition) is 1. The molecule has 1 aromatic rings. The average Bonchev–Trinajstić information content (AvgIpc) is 3.12. The van der Waals surface area contributed by atoms with Crippen molar-refractivity contribution in [1.29, 1.82) is 0 Å². The van der Waals surface area contributed by atoms with E-state index in [1.807, 2.05) is 18.2 Å². The first-order valence-electron chi connectivity index (χ1n) is 7.56. The topological polar surface area (TPSA) is 37.3 Å². The van der Waals surface area contributed by atoms with Crippen LogP contribution in [0, 0.1) is 5.41 Å². The maximum absolute atomic E-state index is 8.15. The minimum atomic E-state index is 0.120. The van der Waals surface area contributed by atoms with Gasteiger partial charge in [0.05, 0.1) is 12.8 Å². The molecule has 1 N–H and O–H groups in total. The molecule has 20 heavy (non-hydrogen) atoms. The summed E-state index contributed by atoms with van der Waals surface area (Å²) < 4.78 is 8.15. The summed E-state index contributed by atoms with van der Waals surface area (Å²) in [6, 6.07) is 3.74. The van der Waals surface area contributed by atoms with Crippen LogP contribution in [-0.2, 0) is 0 Å². The van der Waals surface area contributed by atoms with Crippen LogP contribution in [-0.4, -0.2) is 17.2 Å². The predicted molar refractivity (Wildman–Crippen MR) is 81.6 cm³/mol. The van der Waals surface area contributed by atoms with Crippen LogP contribution in [0.15, 0.2) is 41.1 Å². The Balaban J connectivity index is 1.81. The molecule has 4 rings (SSSR count). The van der Waals surface area contributed by atoms with Crippen LogP contribution in [0.4, 0.5) is 0 Å². The van der Waals surface area contributed by atoms with E-state index in [0.717, 1.165) is 41.9 Å². The molecule has 1 aromatic heterocycles. The highest BCUT2D eigenvalue weighted by Gasteiger charge is 2.43. The number of nitrogens with one attached hydrogen (secondary N) is 1. The van der Waals surface area contributed by atoms with E-state index in [-0.39, 0.29) is 5.41 Å². The number of aliphatic imine (C=N–C) groups is 1. The van der Waals surface area contributed by atoms with E-state index >= 15 is 0 Å². The molecule has 102 valence electrons. The number of hydrogen-bond acceptors (Lipinski definition) is 3. The van der Waals surface area contributed by atoms with Crippen molar-refractivity contribution in [3.8, 4) is 0 Å². The molecule has 2 aliphatic heterocycles. The molecular formula is C16H16ClN3. The van der Waals surface area contributed by atoms with Crippen LogP contribution in [0.25, 0.3) is 5.70 Å². The van der Waals surface area contributed by atoms with Crippen molar-refractivity contribution in [1.82, 2.24) is 10.3 Å². The van der Waals surface area contributed by atoms with Gasteiger partial charge in [-0.1, -0.05) is 24.4 Å². The van der Waals surface area contributed by atoms with Crippen molar-refractivity contribution in [3.05, 3.63) is 46.9 Å². The van der Waals surface area contributed by atoms with Gasteiger partial charge in [-0.3, -0.25) is 4.99 Å². The van der Waals surface area contributed by atoms with Crippen LogP contribution in [0.2, 0.25) is 5.15 Å². The van der Waals surface area contributed by atoms with Crippen molar-refractivity contribution in [3.63, 3.8) is 0 Å². The van der Waals surface area contributed by atoms with Crippen LogP contribution >= 0.6 is 11.6 Å². The Labute approximate surface area is 124 Å². The molecule has 0 radical (unpaired) electrons. The second-order valence-corrected chi connectivity index (χ2v) is 6.12. The van der Waals surface area contributed by atoms with E-state index in [0.29, 0.717) is 11.3 Å². The zero-order valence-corrected chi connectivity index (χ0v) is 11.9. The smallest absolute Gasteiger partial charge is 0.129 e. The fraction of sp³-hybridized carbons (Fsp3) is 0.375. The zero-order chi connectivity index (χ0) is 14.4. The second kappa shape index (κ2) is 4.45. The molecule has 0 amide bonds. The third-order valence-corrected chi connectivity index (χ3v) is 4.71. The van der Waals surface area contributed by atoms with Crippen LogP contribution in [0.1, 0.15) is 32.6 Å². The molecule has 4 heteroatoms. The quantitative estimate of drug-likeness (QED) is 0.801. The minimum absolute atomic E-state index is 0.120. The van der Waals surface area contributed by atoms with Gasteiger partial charge in [0.1, 0.15) is 5.15 Å². The molecule has 0 unspecified atom stereocenters. The van der Waals surface area contributed by atoms with Gasteiger partial charge in [0.15, 0.2) is 0 Å². The van der Waals surface area contributed by atoms with Gasteiger partial charge in [-0.05, 0) is 31.1 Å². The molecule has 0 saturated heterocycles. The van der Waals surface area contributed by atoms with Crippen LogP contribution < -0.4 is 5.32 Å². The van der Waals surface area contributed by atoms with Gasteiger partial charge in [0.25, 0.3) is 0 Å². The van der Waals surface area contributed by atoms with Gasteiger partial charge >= 0.3 is 0 Å². The minimum Gasteiger partial charge on any atom is -0.389 e. The predicted octanol–water partition coefficient (Wildman–Crippen LogP) is 3.58. The number of halogens is 1. The highest BCUT2D eigenvalue weighted by Crippen LogP contribution is 2.45. The Bertz CT molecular complexity index is 699. The molecule has 3 heterocycles. The van der Waals surface area contributed by atoms with E-state index in [2.05, 4.69) is 10.3 Å². The fourth-order valence-electron chi connectivity index (χ4n) is 3.48. The Kier molecular flexibility index (Phi) is 2.47. The summed E-state index contributed by atoms with van der Waals surface area (Å²) >= 11 is 5.98. The first-order valence-corrected chi connectivity index (χ1v) is 7.44. The molecule has 1 fully saturated rings. The van der Waals surface area contributed by atoms with Gasteiger partial charge in [-0.15, -0.1) is 0 Å². The molecule has 3 aliphatic rings. The summed E-state index contributed by atoms with van der Waals surface area (Å²) in [6.07, 6.45) is 9.01. The van der Waals surface area contributed by atoms with Crippen molar-refractivity contribution in [2.45, 2.75) is 25.7 Å². The number of nitrogens with zero attached hydrogens (tertiary/aromatic N) is 2. The maximum Gasteiger partial charge on any atom is 0.129 e. The van der Waals surface area contributed by atoms with Crippen LogP contribution in [0.3, 0.4) is 0 Å². The van der Waals surface area contributed by atoms with E-state index in [1.165, 1.54) is 12.8 Å². The lowest BCUT2D eigenvalue weighted by Gasteiger charge is -2.33. The molecule has 0 aromatic carbocycles. The Hall–Kier alpha value is -1.61. The summed E-state index contributed by atoms with van der Waals surface area (Å²) in [4.78, 5) is 8.90. The number of rotatable bonds is 1. The van der Waals surface area contributed by atoms with Crippen LogP contribution in [0.5, 0.6) is 0 Å². The highest BCUT2D eigenvalue weighted by atomic mass is 35.5. The standard InChI is InChI=1S/C16H16ClN3/c17-14-8-11(3-6-19-14)13-7-12-9-18-10-16(15(12)20-13)4-1-2-5-16/h3,6-9,18H,1-2,4-5,10H2/i9D. The third kappa shape index (κ3) is 1.80. The van der Waals surface area contributed by atoms with Gasteiger partial charge in [-0.2, -0.15) is 0 Å². The number of pyridine rings is 1. The Morgan fingerprint density at radius 2 is 2.20 bits per heavy atom. The van der Waals surface area contributed by atoms with Crippen molar-refractivity contribution < 1.29 is 1.37 Å². The second-order valence-electron chi connectivity index (χ2n) is 5.74. The van der Waals surface area contributed by atoms with E-state index in [4.69, 9.17) is 18.0 Å². The Morgan fingerprint density at radius 3 is 3.00 bits per heavy atom. The van der Waals surface area contributed by atoms with E-state index < -0.39 is 0 Å². The van der Waals surface area contributed by atoms with Gasteiger partial charge in [0.2, 0.25) is 0 Å². The molecule has 0 atom stereocenters. The highest BCUT2D eigenvalue weighted by molar-refractivity contribution is 6.29. The van der Waals surface area contributed by atoms with Crippen molar-refractivity contribution in [2.75, 3.05) is 6.54 Å². The van der Waals surface area contributed by atoms with Gasteiger partial charge in [0, 0.05) is 35.5 Å². The lowest BCUT2D eigenvalue weighted by Crippen LogP contribution is -2.41. The third-order valence-electron chi connectivity index (χ3n) is 4.50. The summed E-state index contributed by atoms with van der Waals surface area (Å²) in [5.41, 5.74) is 4.03. The summed E-state index contributed by atoms with van der Waals surface area (Å²) in [5, 5.41) is 3.72. The van der Waals surface area contributed by atoms with Crippen molar-refractivity contribution in [2.24, 2.45) is 10.4 Å². The lowest BCUT2D eigenvalue weighted by atomic mass is 9.76. The average molecular weight is 287 g/mol. The first kappa shape index (κ1) is 11.1. The molecule has 1 saturated carbocycles. The maximum atomic E-state index is 8.15. The SMILES string of the molecule is [2H]C1=C2C=C(c3ccnc(Cl)c3)N=C2C2(CCCC2)CN1. The molecular weight excluding hydrogens is 270 g/mol. The molecule has 0 bridgehead atoms. The van der Waals surface area contributed by atoms with Gasteiger partial charge < -0.3 is 5.32 Å². The summed E-state index contributed by atoms with van der Waals surface area (Å²) in [5.74, 6) is 0. The monoisotopic (exact) mass is 286 g/mol.